The van der Waals surface area contributed by atoms with E-state index < -0.39 is 0 Å². The highest BCUT2D eigenvalue weighted by Gasteiger charge is 2.09. The number of hydrogen-bond donors (Lipinski definition) is 1. The first-order valence-electron chi connectivity index (χ1n) is 4.23. The molecule has 0 saturated heterocycles. The first-order valence-corrected chi connectivity index (χ1v) is 4.61. The third kappa shape index (κ3) is 1.80. The molecule has 74 valence electrons. The summed E-state index contributed by atoms with van der Waals surface area (Å²) in [6.45, 7) is 6.82. The number of benzene rings is 1. The van der Waals surface area contributed by atoms with E-state index in [-0.39, 0.29) is 5.88 Å². The Balaban J connectivity index is 2.46. The van der Waals surface area contributed by atoms with E-state index in [2.05, 4.69) is 4.85 Å². The molecule has 2 rings (SSSR count). The molecule has 0 atom stereocenters. The van der Waals surface area contributed by atoms with Crippen molar-refractivity contribution in [3.8, 4) is 11.3 Å². The summed E-state index contributed by atoms with van der Waals surface area (Å²) >= 11 is 5.76. The van der Waals surface area contributed by atoms with Crippen molar-refractivity contribution in [2.24, 2.45) is 0 Å². The van der Waals surface area contributed by atoms with Gasteiger partial charge in [-0.25, -0.2) is 0 Å². The fourth-order valence-electron chi connectivity index (χ4n) is 1.24. The first kappa shape index (κ1) is 9.63. The summed E-state index contributed by atoms with van der Waals surface area (Å²) in [4.78, 5) is 3.17. The zero-order chi connectivity index (χ0) is 10.8. The van der Waals surface area contributed by atoms with Gasteiger partial charge in [0.25, 0.3) is 0 Å². The molecule has 0 aliphatic heterocycles. The largest absolute Gasteiger partial charge is 0.478 e. The van der Waals surface area contributed by atoms with Crippen molar-refractivity contribution < 1.29 is 4.42 Å². The molecule has 0 aliphatic rings. The standard InChI is InChI=1S/C11H7ClN2O/c1-14-11-9(13)6-10(15-11)7-2-4-8(12)5-3-7/h2-6H,13H2. The minimum absolute atomic E-state index is 0.125. The number of furan rings is 1. The highest BCUT2D eigenvalue weighted by Crippen LogP contribution is 2.33. The molecule has 1 aromatic heterocycles. The van der Waals surface area contributed by atoms with Crippen LogP contribution < -0.4 is 5.73 Å². The molecule has 1 aromatic carbocycles. The van der Waals surface area contributed by atoms with Gasteiger partial charge in [0, 0.05) is 10.6 Å². The molecule has 0 bridgehead atoms. The molecule has 0 radical (unpaired) electrons. The van der Waals surface area contributed by atoms with Crippen LogP contribution in [-0.2, 0) is 0 Å². The van der Waals surface area contributed by atoms with Crippen molar-refractivity contribution in [1.29, 1.82) is 0 Å². The summed E-state index contributed by atoms with van der Waals surface area (Å²) in [5.41, 5.74) is 6.79. The Labute approximate surface area is 91.9 Å². The highest BCUT2D eigenvalue weighted by atomic mass is 35.5. The van der Waals surface area contributed by atoms with E-state index in [9.17, 15) is 0 Å². The van der Waals surface area contributed by atoms with Crippen LogP contribution in [0.3, 0.4) is 0 Å². The Morgan fingerprint density at radius 3 is 2.47 bits per heavy atom. The van der Waals surface area contributed by atoms with E-state index in [1.54, 1.807) is 18.2 Å². The molecule has 0 saturated carbocycles. The molecule has 2 N–H and O–H groups in total. The van der Waals surface area contributed by atoms with Crippen LogP contribution in [0.4, 0.5) is 11.6 Å². The van der Waals surface area contributed by atoms with Crippen molar-refractivity contribution in [1.82, 2.24) is 0 Å². The fourth-order valence-corrected chi connectivity index (χ4v) is 1.37. The maximum atomic E-state index is 6.82. The summed E-state index contributed by atoms with van der Waals surface area (Å²) in [6, 6.07) is 8.78. The van der Waals surface area contributed by atoms with Gasteiger partial charge in [0.15, 0.2) is 0 Å². The average Bonchev–Trinajstić information content (AvgIpc) is 2.61. The fraction of sp³-hybridized carbons (Fsp3) is 0. The lowest BCUT2D eigenvalue weighted by molar-refractivity contribution is 0.608. The van der Waals surface area contributed by atoms with Crippen LogP contribution in [0, 0.1) is 6.57 Å². The van der Waals surface area contributed by atoms with Gasteiger partial charge in [-0.2, -0.15) is 4.85 Å². The molecular formula is C11H7ClN2O. The monoisotopic (exact) mass is 218 g/mol. The average molecular weight is 219 g/mol. The zero-order valence-electron chi connectivity index (χ0n) is 7.70. The summed E-state index contributed by atoms with van der Waals surface area (Å²) in [7, 11) is 0. The lowest BCUT2D eigenvalue weighted by atomic mass is 10.2. The predicted octanol–water partition coefficient (Wildman–Crippen LogP) is 3.73. The van der Waals surface area contributed by atoms with Crippen molar-refractivity contribution in [2.75, 3.05) is 5.73 Å². The van der Waals surface area contributed by atoms with E-state index in [0.29, 0.717) is 16.5 Å². The number of rotatable bonds is 1. The summed E-state index contributed by atoms with van der Waals surface area (Å²) < 4.78 is 5.27. The smallest absolute Gasteiger partial charge is 0.368 e. The number of nitrogens with zero attached hydrogens (tertiary/aromatic N) is 1. The highest BCUT2D eigenvalue weighted by molar-refractivity contribution is 6.30. The van der Waals surface area contributed by atoms with Crippen molar-refractivity contribution in [3.05, 3.63) is 46.8 Å². The molecule has 0 unspecified atom stereocenters. The Morgan fingerprint density at radius 1 is 1.27 bits per heavy atom. The van der Waals surface area contributed by atoms with Crippen molar-refractivity contribution in [2.45, 2.75) is 0 Å². The molecule has 1 heterocycles. The summed E-state index contributed by atoms with van der Waals surface area (Å²) in [5.74, 6) is 0.704. The second-order valence-electron chi connectivity index (χ2n) is 2.99. The van der Waals surface area contributed by atoms with E-state index in [4.69, 9.17) is 28.3 Å². The van der Waals surface area contributed by atoms with Gasteiger partial charge >= 0.3 is 5.88 Å². The van der Waals surface area contributed by atoms with Crippen molar-refractivity contribution >= 4 is 23.2 Å². The van der Waals surface area contributed by atoms with Crippen LogP contribution in [0.1, 0.15) is 0 Å². The molecule has 3 nitrogen and oxygen atoms in total. The molecule has 4 heteroatoms. The zero-order valence-corrected chi connectivity index (χ0v) is 8.45. The number of nitrogens with two attached hydrogens (primary N) is 1. The molecule has 0 amide bonds. The van der Waals surface area contributed by atoms with Gasteiger partial charge in [-0.1, -0.05) is 11.6 Å². The van der Waals surface area contributed by atoms with E-state index >= 15 is 0 Å². The number of hydrogen-bond acceptors (Lipinski definition) is 2. The Bertz CT molecular complexity index is 523. The van der Waals surface area contributed by atoms with Crippen LogP contribution in [0.5, 0.6) is 0 Å². The molecule has 0 spiro atoms. The van der Waals surface area contributed by atoms with E-state index in [1.165, 1.54) is 0 Å². The topological polar surface area (TPSA) is 43.5 Å². The predicted molar refractivity (Wildman–Crippen MR) is 59.8 cm³/mol. The number of halogens is 1. The second-order valence-corrected chi connectivity index (χ2v) is 3.43. The lowest BCUT2D eigenvalue weighted by Crippen LogP contribution is -1.77. The lowest BCUT2D eigenvalue weighted by Gasteiger charge is -1.95. The van der Waals surface area contributed by atoms with Crippen LogP contribution >= 0.6 is 11.6 Å². The van der Waals surface area contributed by atoms with Crippen LogP contribution in [0.25, 0.3) is 16.2 Å². The third-order valence-electron chi connectivity index (χ3n) is 1.97. The molecule has 0 aliphatic carbocycles. The molecular weight excluding hydrogens is 212 g/mol. The van der Waals surface area contributed by atoms with E-state index in [0.717, 1.165) is 5.56 Å². The molecule has 15 heavy (non-hydrogen) atoms. The van der Waals surface area contributed by atoms with Gasteiger partial charge in [-0.05, 0) is 30.3 Å². The maximum Gasteiger partial charge on any atom is 0.368 e. The van der Waals surface area contributed by atoms with Gasteiger partial charge in [-0.15, -0.1) is 0 Å². The van der Waals surface area contributed by atoms with Gasteiger partial charge in [-0.3, -0.25) is 0 Å². The minimum Gasteiger partial charge on any atom is -0.478 e. The molecule has 0 fully saturated rings. The number of nitrogen functional groups attached to an aromatic ring is 1. The Kier molecular flexibility index (Phi) is 2.36. The second kappa shape index (κ2) is 3.68. The molecule has 2 aromatic rings. The summed E-state index contributed by atoms with van der Waals surface area (Å²) in [6.07, 6.45) is 0. The van der Waals surface area contributed by atoms with E-state index in [1.807, 2.05) is 12.1 Å². The van der Waals surface area contributed by atoms with Crippen LogP contribution in [0.15, 0.2) is 34.7 Å². The SMILES string of the molecule is [C-]#[N+]c1oc(-c2ccc(Cl)cc2)cc1N. The quantitative estimate of drug-likeness (QED) is 0.741. The number of anilines is 1. The van der Waals surface area contributed by atoms with Crippen LogP contribution in [0.2, 0.25) is 5.02 Å². The van der Waals surface area contributed by atoms with Crippen LogP contribution in [-0.4, -0.2) is 0 Å². The summed E-state index contributed by atoms with van der Waals surface area (Å²) in [5, 5.41) is 0.656. The third-order valence-corrected chi connectivity index (χ3v) is 2.22. The van der Waals surface area contributed by atoms with Gasteiger partial charge in [0.1, 0.15) is 5.76 Å². The first-order chi connectivity index (χ1) is 7.20. The Hall–Kier alpha value is -1.92. The van der Waals surface area contributed by atoms with Gasteiger partial charge in [0.2, 0.25) is 0 Å². The van der Waals surface area contributed by atoms with Gasteiger partial charge < -0.3 is 10.2 Å². The minimum atomic E-state index is 0.125. The van der Waals surface area contributed by atoms with Crippen molar-refractivity contribution in [3.63, 3.8) is 0 Å². The Morgan fingerprint density at radius 2 is 1.93 bits per heavy atom. The maximum absolute atomic E-state index is 6.82. The normalized spacial score (nSPS) is 9.87. The van der Waals surface area contributed by atoms with Gasteiger partial charge in [0.05, 0.1) is 12.3 Å².